The van der Waals surface area contributed by atoms with Crippen molar-refractivity contribution < 1.29 is 37.7 Å². The summed E-state index contributed by atoms with van der Waals surface area (Å²) in [4.78, 5) is 39.6. The lowest BCUT2D eigenvalue weighted by Crippen LogP contribution is -2.25. The predicted octanol–water partition coefficient (Wildman–Crippen LogP) is 4.88. The number of ketones is 1. The first-order valence-corrected chi connectivity index (χ1v) is 12.1. The summed E-state index contributed by atoms with van der Waals surface area (Å²) >= 11 is 0. The summed E-state index contributed by atoms with van der Waals surface area (Å²) in [7, 11) is 4.53. The Bertz CT molecular complexity index is 1760. The highest BCUT2D eigenvalue weighted by Gasteiger charge is 2.39. The number of ether oxygens (including phenoxy) is 5. The van der Waals surface area contributed by atoms with Crippen LogP contribution in [0.1, 0.15) is 39.4 Å². The molecule has 196 valence electrons. The van der Waals surface area contributed by atoms with Gasteiger partial charge < -0.3 is 28.1 Å². The Balaban J connectivity index is 1.49. The van der Waals surface area contributed by atoms with E-state index < -0.39 is 11.9 Å². The fourth-order valence-electron chi connectivity index (χ4n) is 5.03. The minimum atomic E-state index is -0.762. The van der Waals surface area contributed by atoms with E-state index in [2.05, 4.69) is 0 Å². The summed E-state index contributed by atoms with van der Waals surface area (Å²) in [5.74, 6) is 0.297. The van der Waals surface area contributed by atoms with Gasteiger partial charge in [-0.25, -0.2) is 0 Å². The topological polar surface area (TPSA) is 110 Å². The van der Waals surface area contributed by atoms with Gasteiger partial charge in [-0.05, 0) is 42.5 Å². The van der Waals surface area contributed by atoms with Gasteiger partial charge in [-0.3, -0.25) is 14.4 Å². The van der Waals surface area contributed by atoms with Crippen molar-refractivity contribution in [1.29, 1.82) is 0 Å². The van der Waals surface area contributed by atoms with E-state index in [1.807, 2.05) is 0 Å². The van der Waals surface area contributed by atoms with Crippen molar-refractivity contribution in [3.05, 3.63) is 93.0 Å². The van der Waals surface area contributed by atoms with Crippen molar-refractivity contribution in [1.82, 2.24) is 0 Å². The van der Waals surface area contributed by atoms with Crippen LogP contribution >= 0.6 is 0 Å². The Kier molecular flexibility index (Phi) is 5.83. The fourth-order valence-corrected chi connectivity index (χ4v) is 5.03. The smallest absolute Gasteiger partial charge is 0.312 e. The Hall–Kier alpha value is -5.05. The zero-order valence-corrected chi connectivity index (χ0v) is 21.2. The van der Waals surface area contributed by atoms with Gasteiger partial charge in [-0.1, -0.05) is 12.1 Å². The second kappa shape index (κ2) is 9.36. The molecule has 0 spiro atoms. The minimum Gasteiger partial charge on any atom is -0.497 e. The lowest BCUT2D eigenvalue weighted by molar-refractivity contribution is -0.135. The van der Waals surface area contributed by atoms with Crippen LogP contribution in [0.5, 0.6) is 28.7 Å². The first-order chi connectivity index (χ1) is 18.9. The van der Waals surface area contributed by atoms with Crippen molar-refractivity contribution in [3.63, 3.8) is 0 Å². The number of hydrogen-bond acceptors (Lipinski definition) is 9. The fraction of sp³-hybridized carbons (Fsp3) is 0.167. The third kappa shape index (κ3) is 3.90. The van der Waals surface area contributed by atoms with Gasteiger partial charge in [0.25, 0.3) is 0 Å². The molecule has 0 fully saturated rings. The molecule has 2 aliphatic rings. The summed E-state index contributed by atoms with van der Waals surface area (Å²) in [5, 5.41) is 0.308. The minimum absolute atomic E-state index is 0.0517. The number of benzene rings is 3. The van der Waals surface area contributed by atoms with Gasteiger partial charge in [0, 0.05) is 22.6 Å². The molecule has 0 bridgehead atoms. The number of carbonyl (C=O) groups excluding carboxylic acids is 2. The van der Waals surface area contributed by atoms with E-state index in [9.17, 15) is 14.4 Å². The zero-order chi connectivity index (χ0) is 27.3. The molecule has 3 aromatic carbocycles. The van der Waals surface area contributed by atoms with E-state index in [4.69, 9.17) is 28.1 Å². The molecule has 1 aromatic heterocycles. The maximum atomic E-state index is 13.6. The molecule has 39 heavy (non-hydrogen) atoms. The van der Waals surface area contributed by atoms with Crippen molar-refractivity contribution in [2.24, 2.45) is 0 Å². The number of allylic oxidation sites excluding steroid dienone is 1. The van der Waals surface area contributed by atoms with Gasteiger partial charge in [0.2, 0.25) is 5.78 Å². The highest BCUT2D eigenvalue weighted by molar-refractivity contribution is 6.15. The van der Waals surface area contributed by atoms with E-state index in [0.29, 0.717) is 39.3 Å². The Labute approximate surface area is 222 Å². The molecule has 3 heterocycles. The average Bonchev–Trinajstić information content (AvgIpc) is 3.27. The molecule has 0 amide bonds. The number of methoxy groups -OCH3 is 3. The quantitative estimate of drug-likeness (QED) is 0.204. The van der Waals surface area contributed by atoms with Gasteiger partial charge in [0.1, 0.15) is 22.8 Å². The Morgan fingerprint density at radius 1 is 0.923 bits per heavy atom. The number of para-hydroxylation sites is 1. The van der Waals surface area contributed by atoms with Gasteiger partial charge in [-0.2, -0.15) is 0 Å². The van der Waals surface area contributed by atoms with E-state index in [-0.39, 0.29) is 46.0 Å². The van der Waals surface area contributed by atoms with Crippen LogP contribution in [0.4, 0.5) is 0 Å². The van der Waals surface area contributed by atoms with Gasteiger partial charge in [0.05, 0.1) is 45.0 Å². The van der Waals surface area contributed by atoms with Gasteiger partial charge in [0.15, 0.2) is 22.7 Å². The third-order valence-corrected chi connectivity index (χ3v) is 6.88. The molecule has 4 aromatic rings. The number of rotatable bonds is 5. The maximum Gasteiger partial charge on any atom is 0.312 e. The van der Waals surface area contributed by atoms with Crippen LogP contribution in [0.2, 0.25) is 0 Å². The number of Topliss-reactive ketones (excluding diaryl/α,β-unsaturated/α-hetero) is 1. The van der Waals surface area contributed by atoms with E-state index in [0.717, 1.165) is 0 Å². The first-order valence-electron chi connectivity index (χ1n) is 12.1. The lowest BCUT2D eigenvalue weighted by Gasteiger charge is -2.25. The van der Waals surface area contributed by atoms with E-state index >= 15 is 0 Å². The molecule has 0 N–H and O–H groups in total. The molecule has 0 radical (unpaired) electrons. The van der Waals surface area contributed by atoms with E-state index in [1.54, 1.807) is 54.6 Å². The SMILES string of the molecule is COc1ccc2occ(C3CC(=O)Oc4ccc5c(c43)OC(=Cc3cccc(OC)c3OC)C5=O)c(=O)c2c1. The molecular weight excluding hydrogens is 504 g/mol. The number of fused-ring (bicyclic) bond motifs is 4. The zero-order valence-electron chi connectivity index (χ0n) is 21.2. The third-order valence-electron chi connectivity index (χ3n) is 6.88. The van der Waals surface area contributed by atoms with Crippen molar-refractivity contribution >= 4 is 28.8 Å². The molecule has 1 atom stereocenters. The number of hydrogen-bond donors (Lipinski definition) is 0. The highest BCUT2D eigenvalue weighted by Crippen LogP contribution is 2.49. The second-order valence-corrected chi connectivity index (χ2v) is 8.99. The maximum absolute atomic E-state index is 13.6. The van der Waals surface area contributed by atoms with Crippen LogP contribution in [0.15, 0.2) is 69.8 Å². The lowest BCUT2D eigenvalue weighted by atomic mass is 9.85. The predicted molar refractivity (Wildman–Crippen MR) is 140 cm³/mol. The molecule has 0 saturated heterocycles. The number of esters is 1. The number of carbonyl (C=O) groups is 2. The van der Waals surface area contributed by atoms with Gasteiger partial charge >= 0.3 is 5.97 Å². The summed E-state index contributed by atoms with van der Waals surface area (Å²) in [6.07, 6.45) is 2.78. The van der Waals surface area contributed by atoms with Gasteiger partial charge in [-0.15, -0.1) is 0 Å². The molecule has 0 aliphatic carbocycles. The van der Waals surface area contributed by atoms with Crippen LogP contribution in [0.25, 0.3) is 17.0 Å². The summed E-state index contributed by atoms with van der Waals surface area (Å²) in [6.45, 7) is 0. The first kappa shape index (κ1) is 24.3. The van der Waals surface area contributed by atoms with Crippen LogP contribution in [0.3, 0.4) is 0 Å². The van der Waals surface area contributed by atoms with Crippen LogP contribution in [0, 0.1) is 0 Å². The van der Waals surface area contributed by atoms with Crippen molar-refractivity contribution in [3.8, 4) is 28.7 Å². The van der Waals surface area contributed by atoms with Crippen molar-refractivity contribution in [2.75, 3.05) is 21.3 Å². The molecule has 9 heteroatoms. The monoisotopic (exact) mass is 526 g/mol. The second-order valence-electron chi connectivity index (χ2n) is 8.99. The van der Waals surface area contributed by atoms with Crippen molar-refractivity contribution in [2.45, 2.75) is 12.3 Å². The molecule has 1 unspecified atom stereocenters. The molecule has 6 rings (SSSR count). The standard InChI is InChI=1S/C30H22O9/c1-34-16-7-9-21-19(12-16)27(32)20(14-37-21)18-13-25(31)38-22-10-8-17-28(33)24(39-30(17)26(18)22)11-15-5-4-6-23(35-2)29(15)36-3/h4-12,14,18H,13H2,1-3H3. The van der Waals surface area contributed by atoms with Crippen LogP contribution < -0.4 is 29.1 Å². The normalized spacial score (nSPS) is 16.9. The average molecular weight is 526 g/mol. The molecule has 9 nitrogen and oxygen atoms in total. The van der Waals surface area contributed by atoms with Crippen LogP contribution in [-0.2, 0) is 4.79 Å². The summed E-state index contributed by atoms with van der Waals surface area (Å²) < 4.78 is 33.5. The Morgan fingerprint density at radius 2 is 1.77 bits per heavy atom. The largest absolute Gasteiger partial charge is 0.497 e. The molecule has 2 aliphatic heterocycles. The Morgan fingerprint density at radius 3 is 2.54 bits per heavy atom. The summed E-state index contributed by atoms with van der Waals surface area (Å²) in [6, 6.07) is 13.3. The molecule has 0 saturated carbocycles. The highest BCUT2D eigenvalue weighted by atomic mass is 16.5. The van der Waals surface area contributed by atoms with Crippen LogP contribution in [-0.4, -0.2) is 33.1 Å². The van der Waals surface area contributed by atoms with E-state index in [1.165, 1.54) is 27.6 Å². The summed E-state index contributed by atoms with van der Waals surface area (Å²) in [5.41, 5.74) is 1.59. The molecular formula is C30H22O9.